The smallest absolute Gasteiger partial charge is 0.262 e. The summed E-state index contributed by atoms with van der Waals surface area (Å²) in [4.78, 5) is 12.6. The normalized spacial score (nSPS) is 11.0. The Morgan fingerprint density at radius 2 is 1.82 bits per heavy atom. The van der Waals surface area contributed by atoms with Crippen molar-refractivity contribution in [3.8, 4) is 17.6 Å². The van der Waals surface area contributed by atoms with Crippen molar-refractivity contribution < 1.29 is 14.3 Å². The van der Waals surface area contributed by atoms with Gasteiger partial charge in [0.1, 0.15) is 18.2 Å². The average Bonchev–Trinajstić information content (AvgIpc) is 2.83. The van der Waals surface area contributed by atoms with Gasteiger partial charge in [0.25, 0.3) is 5.91 Å². The van der Waals surface area contributed by atoms with Crippen LogP contribution in [0.25, 0.3) is 6.08 Å². The molecule has 1 N–H and O–H groups in total. The fourth-order valence-electron chi connectivity index (χ4n) is 3.01. The molecule has 174 valence electrons. The van der Waals surface area contributed by atoms with Crippen LogP contribution in [0.2, 0.25) is 10.0 Å². The summed E-state index contributed by atoms with van der Waals surface area (Å²) in [7, 11) is 0. The molecule has 0 aliphatic carbocycles. The van der Waals surface area contributed by atoms with Crippen LogP contribution in [0.1, 0.15) is 23.6 Å². The van der Waals surface area contributed by atoms with E-state index in [1.807, 2.05) is 43.3 Å². The van der Waals surface area contributed by atoms with Crippen molar-refractivity contribution in [1.29, 1.82) is 5.26 Å². The van der Waals surface area contributed by atoms with Crippen molar-refractivity contribution in [2.24, 2.45) is 0 Å². The number of rotatable bonds is 9. The number of nitriles is 1. The van der Waals surface area contributed by atoms with E-state index < -0.39 is 5.91 Å². The van der Waals surface area contributed by atoms with Gasteiger partial charge < -0.3 is 14.8 Å². The molecule has 3 aromatic carbocycles. The van der Waals surface area contributed by atoms with Gasteiger partial charge in [-0.3, -0.25) is 4.79 Å². The third-order valence-corrected chi connectivity index (χ3v) is 6.00. The van der Waals surface area contributed by atoms with Crippen molar-refractivity contribution in [2.75, 3.05) is 6.61 Å². The SMILES string of the molecule is CCOc1cc(/C=C(\C#N)C(=O)NCc2ccccc2)c(Br)cc1OCc1ccc(Cl)cc1Cl. The zero-order valence-electron chi connectivity index (χ0n) is 18.3. The Kier molecular flexibility index (Phi) is 9.41. The molecule has 1 amide bonds. The summed E-state index contributed by atoms with van der Waals surface area (Å²) >= 11 is 15.7. The van der Waals surface area contributed by atoms with Gasteiger partial charge >= 0.3 is 0 Å². The van der Waals surface area contributed by atoms with Gasteiger partial charge in [0, 0.05) is 26.6 Å². The molecule has 0 heterocycles. The lowest BCUT2D eigenvalue weighted by molar-refractivity contribution is -0.117. The summed E-state index contributed by atoms with van der Waals surface area (Å²) in [5.74, 6) is 0.502. The number of carbonyl (C=O) groups excluding carboxylic acids is 1. The predicted octanol–water partition coefficient (Wildman–Crippen LogP) is 6.96. The van der Waals surface area contributed by atoms with Crippen molar-refractivity contribution >= 4 is 51.1 Å². The number of nitrogens with one attached hydrogen (secondary N) is 1. The fourth-order valence-corrected chi connectivity index (χ4v) is 3.91. The number of ether oxygens (including phenoxy) is 2. The van der Waals surface area contributed by atoms with Crippen molar-refractivity contribution in [2.45, 2.75) is 20.1 Å². The van der Waals surface area contributed by atoms with Gasteiger partial charge in [0.05, 0.1) is 6.61 Å². The highest BCUT2D eigenvalue weighted by Gasteiger charge is 2.14. The van der Waals surface area contributed by atoms with Crippen LogP contribution in [0, 0.1) is 11.3 Å². The molecule has 3 rings (SSSR count). The second-order valence-electron chi connectivity index (χ2n) is 7.12. The first-order chi connectivity index (χ1) is 16.4. The summed E-state index contributed by atoms with van der Waals surface area (Å²) in [5.41, 5.74) is 2.29. The molecule has 0 unspecified atom stereocenters. The molecule has 0 radical (unpaired) electrons. The van der Waals surface area contributed by atoms with Crippen LogP contribution in [0.5, 0.6) is 11.5 Å². The first-order valence-electron chi connectivity index (χ1n) is 10.4. The summed E-state index contributed by atoms with van der Waals surface area (Å²) in [6, 6.07) is 20.1. The lowest BCUT2D eigenvalue weighted by Crippen LogP contribution is -2.23. The van der Waals surface area contributed by atoms with Gasteiger partial charge in [-0.1, -0.05) is 75.5 Å². The molecule has 0 aliphatic heterocycles. The van der Waals surface area contributed by atoms with Crippen LogP contribution in [0.15, 0.2) is 70.7 Å². The average molecular weight is 560 g/mol. The number of hydrogen-bond acceptors (Lipinski definition) is 4. The molecule has 34 heavy (non-hydrogen) atoms. The number of nitrogens with zero attached hydrogens (tertiary/aromatic N) is 1. The number of hydrogen-bond donors (Lipinski definition) is 1. The number of halogens is 3. The number of amides is 1. The Morgan fingerprint density at radius 3 is 2.50 bits per heavy atom. The Balaban J connectivity index is 1.80. The molecule has 5 nitrogen and oxygen atoms in total. The van der Waals surface area contributed by atoms with Crippen LogP contribution in [0.3, 0.4) is 0 Å². The molecule has 0 spiro atoms. The van der Waals surface area contributed by atoms with Crippen molar-refractivity contribution in [3.05, 3.63) is 97.4 Å². The van der Waals surface area contributed by atoms with E-state index in [2.05, 4.69) is 21.2 Å². The maximum absolute atomic E-state index is 12.6. The van der Waals surface area contributed by atoms with Crippen molar-refractivity contribution in [3.63, 3.8) is 0 Å². The Morgan fingerprint density at radius 1 is 1.09 bits per heavy atom. The van der Waals surface area contributed by atoms with E-state index in [9.17, 15) is 10.1 Å². The molecule has 0 saturated heterocycles. The second-order valence-corrected chi connectivity index (χ2v) is 8.81. The highest BCUT2D eigenvalue weighted by molar-refractivity contribution is 9.10. The standard InChI is InChI=1S/C26H21BrCl2N2O3/c1-2-33-24-11-19(10-20(14-30)26(32)31-15-17-6-4-3-5-7-17)22(27)13-25(24)34-16-18-8-9-21(28)12-23(18)29/h3-13H,2,15-16H2,1H3,(H,31,32)/b20-10+. The number of benzene rings is 3. The van der Waals surface area contributed by atoms with Crippen LogP contribution in [0.4, 0.5) is 0 Å². The monoisotopic (exact) mass is 558 g/mol. The van der Waals surface area contributed by atoms with E-state index >= 15 is 0 Å². The third-order valence-electron chi connectivity index (χ3n) is 4.72. The second kappa shape index (κ2) is 12.5. The third kappa shape index (κ3) is 7.01. The van der Waals surface area contributed by atoms with Crippen molar-refractivity contribution in [1.82, 2.24) is 5.32 Å². The molecule has 0 aliphatic rings. The summed E-state index contributed by atoms with van der Waals surface area (Å²) in [6.45, 7) is 2.80. The summed E-state index contributed by atoms with van der Waals surface area (Å²) in [5, 5.41) is 13.4. The summed E-state index contributed by atoms with van der Waals surface area (Å²) in [6.07, 6.45) is 1.51. The van der Waals surface area contributed by atoms with E-state index in [0.717, 1.165) is 11.1 Å². The largest absolute Gasteiger partial charge is 0.490 e. The quantitative estimate of drug-likeness (QED) is 0.227. The van der Waals surface area contributed by atoms with Crippen LogP contribution >= 0.6 is 39.1 Å². The van der Waals surface area contributed by atoms with Crippen LogP contribution in [-0.4, -0.2) is 12.5 Å². The van der Waals surface area contributed by atoms with Gasteiger partial charge in [-0.05, 0) is 48.4 Å². The van der Waals surface area contributed by atoms with Gasteiger partial charge in [-0.15, -0.1) is 0 Å². The van der Waals surface area contributed by atoms with E-state index in [1.54, 1.807) is 30.3 Å². The molecule has 0 saturated carbocycles. The van der Waals surface area contributed by atoms with Crippen LogP contribution in [-0.2, 0) is 17.9 Å². The lowest BCUT2D eigenvalue weighted by Gasteiger charge is -2.15. The minimum atomic E-state index is -0.464. The topological polar surface area (TPSA) is 71.3 Å². The van der Waals surface area contributed by atoms with E-state index in [-0.39, 0.29) is 12.2 Å². The zero-order valence-corrected chi connectivity index (χ0v) is 21.4. The molecule has 3 aromatic rings. The fraction of sp³-hybridized carbons (Fsp3) is 0.154. The van der Waals surface area contributed by atoms with E-state index in [1.165, 1.54) is 6.08 Å². The van der Waals surface area contributed by atoms with Gasteiger partial charge in [-0.25, -0.2) is 0 Å². The minimum Gasteiger partial charge on any atom is -0.490 e. The highest BCUT2D eigenvalue weighted by Crippen LogP contribution is 2.36. The Labute approximate surface area is 217 Å². The number of carbonyl (C=O) groups is 1. The molecule has 0 atom stereocenters. The lowest BCUT2D eigenvalue weighted by atomic mass is 10.1. The van der Waals surface area contributed by atoms with Crippen LogP contribution < -0.4 is 14.8 Å². The maximum Gasteiger partial charge on any atom is 0.262 e. The zero-order chi connectivity index (χ0) is 24.5. The first kappa shape index (κ1) is 25.6. The van der Waals surface area contributed by atoms with E-state index in [4.69, 9.17) is 32.7 Å². The molecule has 0 aromatic heterocycles. The molecule has 8 heteroatoms. The first-order valence-corrected chi connectivity index (χ1v) is 11.9. The van der Waals surface area contributed by atoms with Gasteiger partial charge in [0.2, 0.25) is 0 Å². The van der Waals surface area contributed by atoms with Gasteiger partial charge in [0.15, 0.2) is 11.5 Å². The predicted molar refractivity (Wildman–Crippen MR) is 138 cm³/mol. The molecular weight excluding hydrogens is 539 g/mol. The minimum absolute atomic E-state index is 0.0271. The maximum atomic E-state index is 12.6. The highest BCUT2D eigenvalue weighted by atomic mass is 79.9. The summed E-state index contributed by atoms with van der Waals surface area (Å²) < 4.78 is 12.3. The molecule has 0 bridgehead atoms. The van der Waals surface area contributed by atoms with Gasteiger partial charge in [-0.2, -0.15) is 5.26 Å². The van der Waals surface area contributed by atoms with E-state index in [0.29, 0.717) is 44.7 Å². The molecular formula is C26H21BrCl2N2O3. The molecule has 0 fully saturated rings. The Bertz CT molecular complexity index is 1240. The Hall–Kier alpha value is -2.98.